The molecule has 0 aliphatic carbocycles. The van der Waals surface area contributed by atoms with E-state index in [1.165, 1.54) is 44.2 Å². The van der Waals surface area contributed by atoms with Gasteiger partial charge in [0.25, 0.3) is 0 Å². The second-order valence-electron chi connectivity index (χ2n) is 5.19. The molecular formula is C16H22N2. The first kappa shape index (κ1) is 13.1. The van der Waals surface area contributed by atoms with Crippen LogP contribution in [-0.2, 0) is 6.54 Å². The maximum absolute atomic E-state index is 8.81. The van der Waals surface area contributed by atoms with Gasteiger partial charge in [-0.25, -0.2) is 0 Å². The van der Waals surface area contributed by atoms with Gasteiger partial charge in [0.15, 0.2) is 0 Å². The minimum atomic E-state index is 0.739. The van der Waals surface area contributed by atoms with Crippen LogP contribution in [0, 0.1) is 11.3 Å². The van der Waals surface area contributed by atoms with Crippen molar-refractivity contribution >= 4 is 0 Å². The second-order valence-corrected chi connectivity index (χ2v) is 5.19. The maximum Gasteiger partial charge on any atom is 0.0991 e. The largest absolute Gasteiger partial charge is 0.296 e. The average Bonchev–Trinajstić information content (AvgIpc) is 2.64. The molecule has 1 fully saturated rings. The van der Waals surface area contributed by atoms with E-state index in [1.54, 1.807) is 0 Å². The van der Waals surface area contributed by atoms with Crippen molar-refractivity contribution < 1.29 is 0 Å². The lowest BCUT2D eigenvalue weighted by Crippen LogP contribution is -2.33. The lowest BCUT2D eigenvalue weighted by molar-refractivity contribution is 0.186. The average molecular weight is 242 g/mol. The standard InChI is InChI=1S/C16H22N2/c1-2-16-6-4-3-5-11-18(16)13-15-9-7-14(12-17)8-10-15/h7-10,16H,2-6,11,13H2,1H3. The summed E-state index contributed by atoms with van der Waals surface area (Å²) < 4.78 is 0. The molecule has 0 amide bonds. The highest BCUT2D eigenvalue weighted by Crippen LogP contribution is 2.21. The van der Waals surface area contributed by atoms with Crippen LogP contribution < -0.4 is 0 Å². The van der Waals surface area contributed by atoms with Gasteiger partial charge in [-0.15, -0.1) is 0 Å². The first-order valence-electron chi connectivity index (χ1n) is 7.06. The van der Waals surface area contributed by atoms with Crippen LogP contribution >= 0.6 is 0 Å². The molecular weight excluding hydrogens is 220 g/mol. The van der Waals surface area contributed by atoms with Crippen LogP contribution in [0.15, 0.2) is 24.3 Å². The van der Waals surface area contributed by atoms with Gasteiger partial charge in [-0.2, -0.15) is 5.26 Å². The van der Waals surface area contributed by atoms with E-state index in [-0.39, 0.29) is 0 Å². The molecule has 1 heterocycles. The monoisotopic (exact) mass is 242 g/mol. The molecule has 0 saturated carbocycles. The third kappa shape index (κ3) is 3.34. The summed E-state index contributed by atoms with van der Waals surface area (Å²) in [5, 5.41) is 8.81. The van der Waals surface area contributed by atoms with Crippen LogP contribution in [0.5, 0.6) is 0 Å². The Kier molecular flexibility index (Phi) is 4.78. The fourth-order valence-electron chi connectivity index (χ4n) is 2.83. The molecule has 2 rings (SSSR count). The highest BCUT2D eigenvalue weighted by atomic mass is 15.1. The Labute approximate surface area is 110 Å². The number of nitrogens with zero attached hydrogens (tertiary/aromatic N) is 2. The molecule has 96 valence electrons. The second kappa shape index (κ2) is 6.56. The molecule has 1 aliphatic rings. The van der Waals surface area contributed by atoms with E-state index in [9.17, 15) is 0 Å². The summed E-state index contributed by atoms with van der Waals surface area (Å²) >= 11 is 0. The molecule has 2 nitrogen and oxygen atoms in total. The highest BCUT2D eigenvalue weighted by Gasteiger charge is 2.19. The van der Waals surface area contributed by atoms with Crippen molar-refractivity contribution in [3.8, 4) is 6.07 Å². The lowest BCUT2D eigenvalue weighted by atomic mass is 10.1. The normalized spacial score (nSPS) is 21.2. The zero-order valence-electron chi connectivity index (χ0n) is 11.2. The molecule has 1 saturated heterocycles. The Balaban J connectivity index is 2.03. The fourth-order valence-corrected chi connectivity index (χ4v) is 2.83. The van der Waals surface area contributed by atoms with Crippen molar-refractivity contribution in [2.75, 3.05) is 6.54 Å². The number of rotatable bonds is 3. The zero-order valence-corrected chi connectivity index (χ0v) is 11.2. The predicted octanol–water partition coefficient (Wildman–Crippen LogP) is 3.71. The number of hydrogen-bond donors (Lipinski definition) is 0. The van der Waals surface area contributed by atoms with Gasteiger partial charge < -0.3 is 0 Å². The molecule has 1 aromatic rings. The molecule has 1 unspecified atom stereocenters. The highest BCUT2D eigenvalue weighted by molar-refractivity contribution is 5.31. The Morgan fingerprint density at radius 1 is 1.22 bits per heavy atom. The summed E-state index contributed by atoms with van der Waals surface area (Å²) in [4.78, 5) is 2.62. The van der Waals surface area contributed by atoms with Crippen molar-refractivity contribution in [1.82, 2.24) is 4.90 Å². The van der Waals surface area contributed by atoms with Gasteiger partial charge in [-0.1, -0.05) is 31.9 Å². The molecule has 1 aliphatic heterocycles. The van der Waals surface area contributed by atoms with E-state index in [2.05, 4.69) is 30.0 Å². The zero-order chi connectivity index (χ0) is 12.8. The molecule has 0 bridgehead atoms. The van der Waals surface area contributed by atoms with Gasteiger partial charge in [0.05, 0.1) is 11.6 Å². The minimum absolute atomic E-state index is 0.739. The van der Waals surface area contributed by atoms with Crippen LogP contribution in [0.4, 0.5) is 0 Å². The molecule has 0 N–H and O–H groups in total. The SMILES string of the molecule is CCC1CCCCCN1Cc1ccc(C#N)cc1. The van der Waals surface area contributed by atoms with E-state index in [1.807, 2.05) is 12.1 Å². The summed E-state index contributed by atoms with van der Waals surface area (Å²) in [6, 6.07) is 10.9. The van der Waals surface area contributed by atoms with E-state index in [0.29, 0.717) is 0 Å². The third-order valence-electron chi connectivity index (χ3n) is 3.94. The van der Waals surface area contributed by atoms with Crippen molar-refractivity contribution in [2.45, 2.75) is 51.6 Å². The molecule has 2 heteroatoms. The van der Waals surface area contributed by atoms with E-state index >= 15 is 0 Å². The van der Waals surface area contributed by atoms with Crippen molar-refractivity contribution in [2.24, 2.45) is 0 Å². The van der Waals surface area contributed by atoms with Gasteiger partial charge >= 0.3 is 0 Å². The maximum atomic E-state index is 8.81. The number of hydrogen-bond acceptors (Lipinski definition) is 2. The molecule has 1 aromatic carbocycles. The van der Waals surface area contributed by atoms with Gasteiger partial charge in [0, 0.05) is 12.6 Å². The Morgan fingerprint density at radius 2 is 2.00 bits per heavy atom. The number of likely N-dealkylation sites (tertiary alicyclic amines) is 1. The van der Waals surface area contributed by atoms with Gasteiger partial charge in [-0.05, 0) is 43.5 Å². The number of nitriles is 1. The molecule has 1 atom stereocenters. The van der Waals surface area contributed by atoms with Gasteiger partial charge in [0.2, 0.25) is 0 Å². The topological polar surface area (TPSA) is 27.0 Å². The van der Waals surface area contributed by atoms with Gasteiger partial charge in [0.1, 0.15) is 0 Å². The molecule has 0 radical (unpaired) electrons. The lowest BCUT2D eigenvalue weighted by Gasteiger charge is -2.29. The van der Waals surface area contributed by atoms with Crippen molar-refractivity contribution in [1.29, 1.82) is 5.26 Å². The predicted molar refractivity (Wildman–Crippen MR) is 74.1 cm³/mol. The van der Waals surface area contributed by atoms with Crippen LogP contribution in [0.2, 0.25) is 0 Å². The third-order valence-corrected chi connectivity index (χ3v) is 3.94. The van der Waals surface area contributed by atoms with Crippen LogP contribution in [-0.4, -0.2) is 17.5 Å². The summed E-state index contributed by atoms with van der Waals surface area (Å²) in [6.07, 6.45) is 6.67. The summed E-state index contributed by atoms with van der Waals surface area (Å²) in [7, 11) is 0. The summed E-state index contributed by atoms with van der Waals surface area (Å²) in [6.45, 7) is 4.55. The van der Waals surface area contributed by atoms with Crippen LogP contribution in [0.3, 0.4) is 0 Å². The van der Waals surface area contributed by atoms with E-state index in [4.69, 9.17) is 5.26 Å². The minimum Gasteiger partial charge on any atom is -0.296 e. The molecule has 0 spiro atoms. The smallest absolute Gasteiger partial charge is 0.0991 e. The van der Waals surface area contributed by atoms with Crippen LogP contribution in [0.1, 0.15) is 50.2 Å². The first-order valence-corrected chi connectivity index (χ1v) is 7.06. The fraction of sp³-hybridized carbons (Fsp3) is 0.562. The van der Waals surface area contributed by atoms with Crippen molar-refractivity contribution in [3.05, 3.63) is 35.4 Å². The Morgan fingerprint density at radius 3 is 2.67 bits per heavy atom. The van der Waals surface area contributed by atoms with E-state index in [0.717, 1.165) is 18.2 Å². The first-order chi connectivity index (χ1) is 8.83. The molecule has 0 aromatic heterocycles. The summed E-state index contributed by atoms with van der Waals surface area (Å²) in [5.41, 5.74) is 2.08. The Bertz CT molecular complexity index is 402. The quantitative estimate of drug-likeness (QED) is 0.808. The van der Waals surface area contributed by atoms with E-state index < -0.39 is 0 Å². The molecule has 18 heavy (non-hydrogen) atoms. The van der Waals surface area contributed by atoms with Crippen LogP contribution in [0.25, 0.3) is 0 Å². The Hall–Kier alpha value is -1.33. The number of benzene rings is 1. The van der Waals surface area contributed by atoms with Gasteiger partial charge in [-0.3, -0.25) is 4.90 Å². The summed E-state index contributed by atoms with van der Waals surface area (Å²) in [5.74, 6) is 0. The van der Waals surface area contributed by atoms with Crippen molar-refractivity contribution in [3.63, 3.8) is 0 Å².